The van der Waals surface area contributed by atoms with Gasteiger partial charge in [0.15, 0.2) is 0 Å². The zero-order chi connectivity index (χ0) is 14.8. The van der Waals surface area contributed by atoms with Crippen molar-refractivity contribution in [1.29, 1.82) is 0 Å². The minimum absolute atomic E-state index is 0.428. The molecule has 1 atom stereocenters. The Morgan fingerprint density at radius 1 is 1.05 bits per heavy atom. The molecule has 0 aliphatic carbocycles. The number of nitrogens with one attached hydrogen (secondary N) is 1. The van der Waals surface area contributed by atoms with E-state index in [1.807, 2.05) is 44.2 Å². The van der Waals surface area contributed by atoms with Crippen LogP contribution in [0.1, 0.15) is 11.1 Å². The molecule has 5 heteroatoms. The smallest absolute Gasteiger partial charge is 0.338 e. The topological polar surface area (TPSA) is 38.3 Å². The highest BCUT2D eigenvalue weighted by molar-refractivity contribution is 7.60. The second kappa shape index (κ2) is 5.90. The van der Waals surface area contributed by atoms with Crippen LogP contribution in [-0.2, 0) is 4.57 Å². The fourth-order valence-corrected chi connectivity index (χ4v) is 3.15. The van der Waals surface area contributed by atoms with Gasteiger partial charge in [-0.2, -0.15) is 0 Å². The first-order chi connectivity index (χ1) is 9.35. The molecule has 0 spiro atoms. The summed E-state index contributed by atoms with van der Waals surface area (Å²) in [6.07, 6.45) is 0. The Balaban J connectivity index is 2.16. The van der Waals surface area contributed by atoms with E-state index < -0.39 is 7.52 Å². The lowest BCUT2D eigenvalue weighted by Crippen LogP contribution is -2.02. The van der Waals surface area contributed by atoms with E-state index in [1.165, 1.54) is 6.66 Å². The lowest BCUT2D eigenvalue weighted by atomic mass is 10.2. The van der Waals surface area contributed by atoms with E-state index in [2.05, 4.69) is 5.09 Å². The second-order valence-corrected chi connectivity index (χ2v) is 7.35. The summed E-state index contributed by atoms with van der Waals surface area (Å²) in [6, 6.07) is 13.0. The number of benzene rings is 2. The van der Waals surface area contributed by atoms with Gasteiger partial charge in [-0.15, -0.1) is 0 Å². The van der Waals surface area contributed by atoms with Crippen molar-refractivity contribution >= 4 is 24.8 Å². The molecule has 2 rings (SSSR count). The fraction of sp³-hybridized carbons (Fsp3) is 0.200. The van der Waals surface area contributed by atoms with Crippen LogP contribution in [0.15, 0.2) is 42.5 Å². The molecule has 0 aliphatic heterocycles. The Morgan fingerprint density at radius 3 is 2.30 bits per heavy atom. The van der Waals surface area contributed by atoms with Crippen LogP contribution in [0.25, 0.3) is 0 Å². The van der Waals surface area contributed by atoms with Crippen LogP contribution < -0.4 is 9.61 Å². The minimum Gasteiger partial charge on any atom is -0.427 e. The van der Waals surface area contributed by atoms with Gasteiger partial charge in [0.05, 0.1) is 5.02 Å². The fourth-order valence-electron chi connectivity index (χ4n) is 1.75. The summed E-state index contributed by atoms with van der Waals surface area (Å²) in [6.45, 7) is 5.46. The number of hydrogen-bond acceptors (Lipinski definition) is 2. The predicted molar refractivity (Wildman–Crippen MR) is 85.1 cm³/mol. The normalized spacial score (nSPS) is 13.6. The van der Waals surface area contributed by atoms with Crippen LogP contribution in [0, 0.1) is 13.8 Å². The van der Waals surface area contributed by atoms with Gasteiger partial charge in [-0.05, 0) is 43.7 Å². The Hall–Kier alpha value is -1.44. The lowest BCUT2D eigenvalue weighted by molar-refractivity contribution is 0.493. The lowest BCUT2D eigenvalue weighted by Gasteiger charge is -2.18. The standard InChI is InChI=1S/C15H17ClNO2P/c1-11-4-7-13(8-5-11)17-20(3,18)19-15-10-12(2)6-9-14(15)16/h4-10H,1-3H3,(H,17,18). The van der Waals surface area contributed by atoms with Crippen LogP contribution in [0.2, 0.25) is 5.02 Å². The van der Waals surface area contributed by atoms with Gasteiger partial charge in [-0.25, -0.2) is 0 Å². The molecule has 0 radical (unpaired) electrons. The number of aryl methyl sites for hydroxylation is 2. The first kappa shape index (κ1) is 15.0. The van der Waals surface area contributed by atoms with Crippen molar-refractivity contribution in [2.75, 3.05) is 11.8 Å². The quantitative estimate of drug-likeness (QED) is 0.782. The van der Waals surface area contributed by atoms with Crippen molar-refractivity contribution in [2.24, 2.45) is 0 Å². The van der Waals surface area contributed by atoms with Gasteiger partial charge in [-0.3, -0.25) is 4.57 Å². The van der Waals surface area contributed by atoms with Crippen molar-refractivity contribution in [3.05, 3.63) is 58.6 Å². The Bertz CT molecular complexity index is 655. The molecular formula is C15H17ClNO2P. The van der Waals surface area contributed by atoms with Crippen LogP contribution in [0.4, 0.5) is 5.69 Å². The average Bonchev–Trinajstić information content (AvgIpc) is 2.36. The maximum absolute atomic E-state index is 12.5. The Labute approximate surface area is 124 Å². The third-order valence-corrected chi connectivity index (χ3v) is 4.26. The molecule has 0 fully saturated rings. The largest absolute Gasteiger partial charge is 0.427 e. The summed E-state index contributed by atoms with van der Waals surface area (Å²) in [5, 5.41) is 3.36. The SMILES string of the molecule is Cc1ccc(NP(C)(=O)Oc2cc(C)ccc2Cl)cc1. The van der Waals surface area contributed by atoms with Crippen LogP contribution in [-0.4, -0.2) is 6.66 Å². The molecule has 0 bridgehead atoms. The first-order valence-corrected chi connectivity index (χ1v) is 8.69. The molecule has 0 heterocycles. The average molecular weight is 310 g/mol. The van der Waals surface area contributed by atoms with Gasteiger partial charge in [-0.1, -0.05) is 35.4 Å². The molecule has 1 unspecified atom stereocenters. The molecule has 1 N–H and O–H groups in total. The van der Waals surface area contributed by atoms with Crippen molar-refractivity contribution in [3.63, 3.8) is 0 Å². The number of hydrogen-bond donors (Lipinski definition) is 1. The third-order valence-electron chi connectivity index (χ3n) is 2.74. The second-order valence-electron chi connectivity index (χ2n) is 4.85. The summed E-state index contributed by atoms with van der Waals surface area (Å²) < 4.78 is 18.1. The molecular weight excluding hydrogens is 293 g/mol. The van der Waals surface area contributed by atoms with E-state index in [1.54, 1.807) is 12.1 Å². The third kappa shape index (κ3) is 4.03. The van der Waals surface area contributed by atoms with Crippen molar-refractivity contribution < 1.29 is 9.09 Å². The monoisotopic (exact) mass is 309 g/mol. The van der Waals surface area contributed by atoms with Crippen LogP contribution in [0.3, 0.4) is 0 Å². The predicted octanol–water partition coefficient (Wildman–Crippen LogP) is 5.27. The highest BCUT2D eigenvalue weighted by atomic mass is 35.5. The first-order valence-electron chi connectivity index (χ1n) is 6.24. The highest BCUT2D eigenvalue weighted by Crippen LogP contribution is 2.45. The van der Waals surface area contributed by atoms with Crippen molar-refractivity contribution in [2.45, 2.75) is 13.8 Å². The van der Waals surface area contributed by atoms with Crippen LogP contribution in [0.5, 0.6) is 5.75 Å². The van der Waals surface area contributed by atoms with Gasteiger partial charge in [0.25, 0.3) is 0 Å². The van der Waals surface area contributed by atoms with Crippen molar-refractivity contribution in [1.82, 2.24) is 0 Å². The van der Waals surface area contributed by atoms with E-state index >= 15 is 0 Å². The van der Waals surface area contributed by atoms with E-state index in [0.717, 1.165) is 16.8 Å². The van der Waals surface area contributed by atoms with E-state index in [4.69, 9.17) is 16.1 Å². The van der Waals surface area contributed by atoms with E-state index in [-0.39, 0.29) is 0 Å². The van der Waals surface area contributed by atoms with Gasteiger partial charge in [0.2, 0.25) is 0 Å². The molecule has 2 aromatic carbocycles. The van der Waals surface area contributed by atoms with E-state index in [0.29, 0.717) is 10.8 Å². The highest BCUT2D eigenvalue weighted by Gasteiger charge is 2.19. The molecule has 0 aromatic heterocycles. The summed E-state index contributed by atoms with van der Waals surface area (Å²) in [4.78, 5) is 0. The number of anilines is 1. The zero-order valence-corrected chi connectivity index (χ0v) is 13.3. The Morgan fingerprint density at radius 2 is 1.65 bits per heavy atom. The van der Waals surface area contributed by atoms with Gasteiger partial charge in [0.1, 0.15) is 5.75 Å². The maximum Gasteiger partial charge on any atom is 0.338 e. The van der Waals surface area contributed by atoms with Crippen LogP contribution >= 0.6 is 19.1 Å². The summed E-state index contributed by atoms with van der Waals surface area (Å²) in [5.41, 5.74) is 2.90. The molecule has 0 aliphatic rings. The molecule has 0 amide bonds. The van der Waals surface area contributed by atoms with Gasteiger partial charge >= 0.3 is 7.52 Å². The summed E-state index contributed by atoms with van der Waals surface area (Å²) >= 11 is 6.05. The number of rotatable bonds is 4. The molecule has 2 aromatic rings. The van der Waals surface area contributed by atoms with E-state index in [9.17, 15) is 4.57 Å². The van der Waals surface area contributed by atoms with Crippen molar-refractivity contribution in [3.8, 4) is 5.75 Å². The minimum atomic E-state index is -3.03. The molecule has 0 saturated carbocycles. The maximum atomic E-state index is 12.5. The molecule has 0 saturated heterocycles. The summed E-state index contributed by atoms with van der Waals surface area (Å²) in [5.74, 6) is 0.428. The van der Waals surface area contributed by atoms with Gasteiger partial charge in [0, 0.05) is 12.4 Å². The zero-order valence-electron chi connectivity index (χ0n) is 11.7. The molecule has 20 heavy (non-hydrogen) atoms. The number of halogens is 1. The Kier molecular flexibility index (Phi) is 4.42. The molecule has 3 nitrogen and oxygen atoms in total. The van der Waals surface area contributed by atoms with Gasteiger partial charge < -0.3 is 9.61 Å². The summed E-state index contributed by atoms with van der Waals surface area (Å²) in [7, 11) is -3.03. The molecule has 106 valence electrons.